The molecule has 2 aliphatic heterocycles. The molecule has 1 aromatic carbocycles. The van der Waals surface area contributed by atoms with Crippen LogP contribution >= 0.6 is 15.9 Å². The van der Waals surface area contributed by atoms with Gasteiger partial charge in [0.15, 0.2) is 0 Å². The molecule has 2 heterocycles. The van der Waals surface area contributed by atoms with Crippen molar-refractivity contribution < 1.29 is 23.8 Å². The average molecular weight is 520 g/mol. The number of ether oxygens (including phenoxy) is 3. The van der Waals surface area contributed by atoms with Crippen LogP contribution in [-0.4, -0.2) is 42.6 Å². The smallest absolute Gasteiger partial charge is 0.338 e. The van der Waals surface area contributed by atoms with E-state index in [1.165, 1.54) is 7.11 Å². The Morgan fingerprint density at radius 2 is 1.94 bits per heavy atom. The highest BCUT2D eigenvalue weighted by Crippen LogP contribution is 2.67. The first-order chi connectivity index (χ1) is 15.5. The highest BCUT2D eigenvalue weighted by atomic mass is 79.9. The van der Waals surface area contributed by atoms with E-state index in [1.54, 1.807) is 13.2 Å². The molecule has 2 unspecified atom stereocenters. The van der Waals surface area contributed by atoms with Gasteiger partial charge in [-0.1, -0.05) is 43.6 Å². The van der Waals surface area contributed by atoms with Gasteiger partial charge in [0.05, 0.1) is 18.8 Å². The van der Waals surface area contributed by atoms with Crippen LogP contribution in [0.2, 0.25) is 0 Å². The van der Waals surface area contributed by atoms with Crippen LogP contribution in [0.25, 0.3) is 0 Å². The number of methoxy groups -OCH3 is 2. The van der Waals surface area contributed by atoms with E-state index in [1.807, 2.05) is 0 Å². The third-order valence-corrected chi connectivity index (χ3v) is 11.4. The predicted molar refractivity (Wildman–Crippen MR) is 128 cm³/mol. The molecule has 1 N–H and O–H groups in total. The van der Waals surface area contributed by atoms with Gasteiger partial charge in [-0.3, -0.25) is 4.79 Å². The molecule has 5 rings (SSSR count). The number of carbonyl (C=O) groups excluding carboxylic acids is 2. The van der Waals surface area contributed by atoms with E-state index < -0.39 is 11.6 Å². The number of halogens is 1. The van der Waals surface area contributed by atoms with Crippen LogP contribution in [0.15, 0.2) is 6.07 Å². The first-order valence-corrected chi connectivity index (χ1v) is 12.8. The van der Waals surface area contributed by atoms with Crippen molar-refractivity contribution in [3.05, 3.63) is 28.3 Å². The fourth-order valence-corrected chi connectivity index (χ4v) is 8.21. The van der Waals surface area contributed by atoms with E-state index >= 15 is 0 Å². The Morgan fingerprint density at radius 1 is 1.21 bits per heavy atom. The molecule has 2 fully saturated rings. The van der Waals surface area contributed by atoms with Gasteiger partial charge in [-0.15, -0.1) is 0 Å². The summed E-state index contributed by atoms with van der Waals surface area (Å²) in [6, 6.07) is 1.70. The third kappa shape index (κ3) is 2.87. The Labute approximate surface area is 204 Å². The maximum absolute atomic E-state index is 12.8. The normalized spacial score (nSPS) is 38.2. The van der Waals surface area contributed by atoms with Crippen molar-refractivity contribution in [2.45, 2.75) is 76.5 Å². The molecule has 6 atom stereocenters. The molecular weight excluding hydrogens is 486 g/mol. The molecule has 6 nitrogen and oxygen atoms in total. The molecule has 2 aliphatic carbocycles. The van der Waals surface area contributed by atoms with Gasteiger partial charge in [0.2, 0.25) is 0 Å². The van der Waals surface area contributed by atoms with Gasteiger partial charge in [-0.2, -0.15) is 0 Å². The highest BCUT2D eigenvalue weighted by Gasteiger charge is 2.69. The number of hydrogen-bond acceptors (Lipinski definition) is 5. The molecule has 1 amide bonds. The summed E-state index contributed by atoms with van der Waals surface area (Å²) in [4.78, 5) is 25.6. The Hall–Kier alpha value is -1.60. The van der Waals surface area contributed by atoms with Crippen molar-refractivity contribution in [3.8, 4) is 5.75 Å². The summed E-state index contributed by atoms with van der Waals surface area (Å²) in [7, 11) is 3.17. The fraction of sp³-hybridized carbons (Fsp3) is 0.692. The second-order valence-corrected chi connectivity index (χ2v) is 12.2. The lowest BCUT2D eigenvalue weighted by molar-refractivity contribution is -0.229. The van der Waals surface area contributed by atoms with Crippen molar-refractivity contribution in [2.75, 3.05) is 14.2 Å². The molecule has 0 saturated heterocycles. The molecule has 1 aromatic rings. The van der Waals surface area contributed by atoms with Crippen LogP contribution in [-0.2, 0) is 22.4 Å². The van der Waals surface area contributed by atoms with Crippen LogP contribution < -0.4 is 10.1 Å². The Bertz CT molecular complexity index is 1040. The number of alkyl halides is 1. The van der Waals surface area contributed by atoms with Crippen molar-refractivity contribution in [3.63, 3.8) is 0 Å². The Kier molecular flexibility index (Phi) is 5.23. The van der Waals surface area contributed by atoms with Gasteiger partial charge in [-0.05, 0) is 36.7 Å². The van der Waals surface area contributed by atoms with Crippen LogP contribution in [0.4, 0.5) is 0 Å². The summed E-state index contributed by atoms with van der Waals surface area (Å²) in [6.07, 6.45) is 3.67. The second kappa shape index (κ2) is 7.45. The summed E-state index contributed by atoms with van der Waals surface area (Å²) >= 11 is 3.98. The average Bonchev–Trinajstić information content (AvgIpc) is 3.15. The Morgan fingerprint density at radius 3 is 2.61 bits per heavy atom. The monoisotopic (exact) mass is 519 g/mol. The van der Waals surface area contributed by atoms with Gasteiger partial charge in [-0.25, -0.2) is 4.79 Å². The lowest BCUT2D eigenvalue weighted by atomic mass is 9.43. The maximum atomic E-state index is 12.8. The molecule has 4 aliphatic rings. The highest BCUT2D eigenvalue weighted by molar-refractivity contribution is 9.09. The van der Waals surface area contributed by atoms with E-state index in [9.17, 15) is 9.59 Å². The first-order valence-electron chi connectivity index (χ1n) is 11.9. The standard InChI is InChI=1S/C26H34BrNO5/c1-13-7-8-19-24(2,3)21(27)18(31-5)11-26(19)25(13,4)10-16-15(23(30)32-6)9-14-17(20(16)33-26)12-28-22(14)29/h9,13,18-19,21H,7-8,10-12H2,1-6H3,(H,28,29)/t13-,18?,19-,21?,25+,26-/m0/s1. The zero-order valence-electron chi connectivity index (χ0n) is 20.3. The van der Waals surface area contributed by atoms with Gasteiger partial charge in [0.1, 0.15) is 11.4 Å². The molecule has 33 heavy (non-hydrogen) atoms. The summed E-state index contributed by atoms with van der Waals surface area (Å²) in [5.41, 5.74) is 2.00. The van der Waals surface area contributed by atoms with E-state index in [0.29, 0.717) is 41.7 Å². The fourth-order valence-electron chi connectivity index (χ4n) is 7.49. The number of carbonyl (C=O) groups is 2. The van der Waals surface area contributed by atoms with Gasteiger partial charge in [0, 0.05) is 52.9 Å². The molecule has 0 bridgehead atoms. The van der Waals surface area contributed by atoms with E-state index in [0.717, 1.165) is 30.4 Å². The molecule has 0 radical (unpaired) electrons. The summed E-state index contributed by atoms with van der Waals surface area (Å²) in [5.74, 6) is 0.830. The van der Waals surface area contributed by atoms with Crippen LogP contribution in [0, 0.1) is 22.7 Å². The zero-order valence-corrected chi connectivity index (χ0v) is 21.9. The SMILES string of the molecule is COC(=O)c1cc2c(c3c1C[C@]1(C)[C@@H](C)CC[C@H]4C(C)(C)C(Br)C(OC)C[C@]41O3)CNC2=O. The van der Waals surface area contributed by atoms with Crippen LogP contribution in [0.1, 0.15) is 78.8 Å². The summed E-state index contributed by atoms with van der Waals surface area (Å²) in [5, 5.41) is 2.92. The minimum absolute atomic E-state index is 0.000907. The number of nitrogens with one attached hydrogen (secondary N) is 1. The number of benzene rings is 1. The lowest BCUT2D eigenvalue weighted by Gasteiger charge is -2.68. The number of hydrogen-bond donors (Lipinski definition) is 1. The minimum Gasteiger partial charge on any atom is -0.486 e. The molecule has 180 valence electrons. The molecule has 2 saturated carbocycles. The number of amides is 1. The number of fused-ring (bicyclic) bond motifs is 3. The van der Waals surface area contributed by atoms with Gasteiger partial charge < -0.3 is 19.5 Å². The number of esters is 1. The summed E-state index contributed by atoms with van der Waals surface area (Å²) < 4.78 is 18.4. The van der Waals surface area contributed by atoms with E-state index in [4.69, 9.17) is 14.2 Å². The Balaban J connectivity index is 1.77. The van der Waals surface area contributed by atoms with E-state index in [2.05, 4.69) is 48.9 Å². The first kappa shape index (κ1) is 23.2. The van der Waals surface area contributed by atoms with Crippen molar-refractivity contribution in [2.24, 2.45) is 22.7 Å². The minimum atomic E-state index is -0.458. The molecule has 1 spiro atoms. The lowest BCUT2D eigenvalue weighted by Crippen LogP contribution is -2.72. The molecular formula is C26H34BrNO5. The van der Waals surface area contributed by atoms with Gasteiger partial charge in [0.25, 0.3) is 5.91 Å². The van der Waals surface area contributed by atoms with Crippen molar-refractivity contribution >= 4 is 27.8 Å². The molecule has 0 aromatic heterocycles. The third-order valence-electron chi connectivity index (χ3n) is 9.64. The van der Waals surface area contributed by atoms with Crippen LogP contribution in [0.3, 0.4) is 0 Å². The predicted octanol–water partition coefficient (Wildman–Crippen LogP) is 4.65. The summed E-state index contributed by atoms with van der Waals surface area (Å²) in [6.45, 7) is 9.71. The largest absolute Gasteiger partial charge is 0.486 e. The quantitative estimate of drug-likeness (QED) is 0.454. The van der Waals surface area contributed by atoms with Crippen LogP contribution in [0.5, 0.6) is 5.75 Å². The van der Waals surface area contributed by atoms with Crippen molar-refractivity contribution in [1.82, 2.24) is 5.32 Å². The second-order valence-electron chi connectivity index (χ2n) is 11.3. The zero-order chi connectivity index (χ0) is 23.9. The van der Waals surface area contributed by atoms with E-state index in [-0.39, 0.29) is 27.7 Å². The van der Waals surface area contributed by atoms with Gasteiger partial charge >= 0.3 is 5.97 Å². The number of rotatable bonds is 2. The maximum Gasteiger partial charge on any atom is 0.338 e. The molecule has 7 heteroatoms. The topological polar surface area (TPSA) is 73.9 Å². The van der Waals surface area contributed by atoms with Crippen molar-refractivity contribution in [1.29, 1.82) is 0 Å².